The molecule has 0 fully saturated rings. The summed E-state index contributed by atoms with van der Waals surface area (Å²) in [4.78, 5) is 12.3. The molecular formula is C21H21ClN2O3S. The largest absolute Gasteiger partial charge is 0.326 e. The molecule has 7 heteroatoms. The summed E-state index contributed by atoms with van der Waals surface area (Å²) in [5, 5.41) is 5.47. The number of carbonyl (C=O) groups excluding carboxylic acids is 1. The maximum absolute atomic E-state index is 12.3. The van der Waals surface area contributed by atoms with Crippen molar-refractivity contribution in [3.8, 4) is 0 Å². The topological polar surface area (TPSA) is 66.5 Å². The number of hydrogen-bond donors (Lipinski definition) is 1. The van der Waals surface area contributed by atoms with Crippen molar-refractivity contribution < 1.29 is 13.2 Å². The zero-order chi connectivity index (χ0) is 20.1. The van der Waals surface area contributed by atoms with Crippen LogP contribution < -0.4 is 9.62 Å². The third-order valence-corrected chi connectivity index (χ3v) is 5.72. The van der Waals surface area contributed by atoms with Gasteiger partial charge in [-0.3, -0.25) is 9.10 Å². The van der Waals surface area contributed by atoms with E-state index in [-0.39, 0.29) is 18.9 Å². The van der Waals surface area contributed by atoms with Crippen molar-refractivity contribution in [2.75, 3.05) is 22.4 Å². The second kappa shape index (κ2) is 8.63. The fourth-order valence-electron chi connectivity index (χ4n) is 2.99. The Balaban J connectivity index is 1.61. The van der Waals surface area contributed by atoms with E-state index < -0.39 is 10.0 Å². The van der Waals surface area contributed by atoms with E-state index in [2.05, 4.69) is 5.32 Å². The van der Waals surface area contributed by atoms with Crippen LogP contribution in [-0.2, 0) is 14.8 Å². The Morgan fingerprint density at radius 3 is 2.46 bits per heavy atom. The predicted octanol–water partition coefficient (Wildman–Crippen LogP) is 4.68. The Morgan fingerprint density at radius 2 is 1.75 bits per heavy atom. The Labute approximate surface area is 170 Å². The molecule has 0 saturated carbocycles. The van der Waals surface area contributed by atoms with Gasteiger partial charge in [0, 0.05) is 23.7 Å². The van der Waals surface area contributed by atoms with Gasteiger partial charge in [-0.25, -0.2) is 8.42 Å². The van der Waals surface area contributed by atoms with E-state index in [1.165, 1.54) is 4.31 Å². The lowest BCUT2D eigenvalue weighted by Crippen LogP contribution is -2.31. The van der Waals surface area contributed by atoms with E-state index in [0.717, 1.165) is 22.7 Å². The predicted molar refractivity (Wildman–Crippen MR) is 115 cm³/mol. The molecule has 0 aliphatic rings. The molecule has 0 aliphatic carbocycles. The van der Waals surface area contributed by atoms with Crippen molar-refractivity contribution in [1.82, 2.24) is 0 Å². The fraction of sp³-hybridized carbons (Fsp3) is 0.190. The lowest BCUT2D eigenvalue weighted by Gasteiger charge is -2.22. The maximum atomic E-state index is 12.3. The Kier molecular flexibility index (Phi) is 6.21. The number of anilines is 2. The number of rotatable bonds is 7. The molecular weight excluding hydrogens is 396 g/mol. The van der Waals surface area contributed by atoms with Gasteiger partial charge in [-0.15, -0.1) is 0 Å². The average Bonchev–Trinajstić information content (AvgIpc) is 2.64. The first-order valence-corrected chi connectivity index (χ1v) is 11.1. The molecule has 1 amide bonds. The summed E-state index contributed by atoms with van der Waals surface area (Å²) in [6.45, 7) is 0.199. The number of benzene rings is 3. The fourth-order valence-corrected chi connectivity index (χ4v) is 4.13. The van der Waals surface area contributed by atoms with Crippen LogP contribution >= 0.6 is 11.6 Å². The zero-order valence-corrected chi connectivity index (χ0v) is 17.0. The molecule has 3 aromatic rings. The van der Waals surface area contributed by atoms with Crippen molar-refractivity contribution in [2.24, 2.45) is 0 Å². The van der Waals surface area contributed by atoms with Gasteiger partial charge in [0.25, 0.3) is 0 Å². The molecule has 0 radical (unpaired) electrons. The van der Waals surface area contributed by atoms with Gasteiger partial charge < -0.3 is 5.32 Å². The highest BCUT2D eigenvalue weighted by molar-refractivity contribution is 7.92. The molecule has 3 aromatic carbocycles. The normalized spacial score (nSPS) is 11.4. The van der Waals surface area contributed by atoms with Crippen LogP contribution in [-0.4, -0.2) is 27.1 Å². The van der Waals surface area contributed by atoms with Crippen molar-refractivity contribution >= 4 is 49.7 Å². The number of carbonyl (C=O) groups is 1. The molecule has 1 N–H and O–H groups in total. The van der Waals surface area contributed by atoms with Gasteiger partial charge in [0.15, 0.2) is 0 Å². The van der Waals surface area contributed by atoms with Gasteiger partial charge >= 0.3 is 0 Å². The summed E-state index contributed by atoms with van der Waals surface area (Å²) in [6.07, 6.45) is 1.74. The Hall–Kier alpha value is -2.57. The van der Waals surface area contributed by atoms with Gasteiger partial charge in [-0.2, -0.15) is 0 Å². The molecule has 0 saturated heterocycles. The first-order valence-electron chi connectivity index (χ1n) is 8.85. The summed E-state index contributed by atoms with van der Waals surface area (Å²) >= 11 is 5.97. The molecule has 5 nitrogen and oxygen atoms in total. The van der Waals surface area contributed by atoms with E-state index >= 15 is 0 Å². The number of nitrogens with zero attached hydrogens (tertiary/aromatic N) is 1. The minimum atomic E-state index is -3.47. The lowest BCUT2D eigenvalue weighted by molar-refractivity contribution is -0.116. The summed E-state index contributed by atoms with van der Waals surface area (Å²) in [7, 11) is -3.47. The maximum Gasteiger partial charge on any atom is 0.232 e. The molecule has 0 aromatic heterocycles. The third-order valence-electron chi connectivity index (χ3n) is 4.29. The summed E-state index contributed by atoms with van der Waals surface area (Å²) < 4.78 is 25.5. The van der Waals surface area contributed by atoms with Gasteiger partial charge in [-0.05, 0) is 47.5 Å². The molecule has 0 spiro atoms. The third kappa shape index (κ3) is 5.24. The first kappa shape index (κ1) is 20.2. The lowest BCUT2D eigenvalue weighted by atomic mass is 10.1. The number of nitrogens with one attached hydrogen (secondary N) is 1. The molecule has 28 heavy (non-hydrogen) atoms. The molecule has 0 heterocycles. The standard InChI is InChI=1S/C21H21ClN2O3S/c1-28(26,27)24(20-9-4-8-18(22)15-20)13-5-10-21(25)23-19-12-11-16-6-2-3-7-17(16)14-19/h2-4,6-9,11-12,14-15H,5,10,13H2,1H3,(H,23,25). The monoisotopic (exact) mass is 416 g/mol. The van der Waals surface area contributed by atoms with Crippen LogP contribution in [0.4, 0.5) is 11.4 Å². The van der Waals surface area contributed by atoms with E-state index in [0.29, 0.717) is 17.1 Å². The number of amides is 1. The van der Waals surface area contributed by atoms with Crippen molar-refractivity contribution in [2.45, 2.75) is 12.8 Å². The van der Waals surface area contributed by atoms with Crippen LogP contribution in [0.5, 0.6) is 0 Å². The molecule has 146 valence electrons. The van der Waals surface area contributed by atoms with Crippen molar-refractivity contribution in [3.63, 3.8) is 0 Å². The summed E-state index contributed by atoms with van der Waals surface area (Å²) in [6, 6.07) is 20.3. The highest BCUT2D eigenvalue weighted by Gasteiger charge is 2.18. The van der Waals surface area contributed by atoms with Gasteiger partial charge in [-0.1, -0.05) is 48.0 Å². The average molecular weight is 417 g/mol. The quantitative estimate of drug-likeness (QED) is 0.608. The Morgan fingerprint density at radius 1 is 1.00 bits per heavy atom. The van der Waals surface area contributed by atoms with E-state index in [4.69, 9.17) is 11.6 Å². The second-order valence-corrected chi connectivity index (χ2v) is 8.87. The number of sulfonamides is 1. The van der Waals surface area contributed by atoms with Crippen LogP contribution in [0.2, 0.25) is 5.02 Å². The highest BCUT2D eigenvalue weighted by atomic mass is 35.5. The smallest absolute Gasteiger partial charge is 0.232 e. The van der Waals surface area contributed by atoms with Gasteiger partial charge in [0.1, 0.15) is 0 Å². The molecule has 0 aliphatic heterocycles. The van der Waals surface area contributed by atoms with Crippen molar-refractivity contribution in [3.05, 3.63) is 71.8 Å². The summed E-state index contributed by atoms with van der Waals surface area (Å²) in [5.74, 6) is -0.158. The van der Waals surface area contributed by atoms with Gasteiger partial charge in [0.05, 0.1) is 11.9 Å². The van der Waals surface area contributed by atoms with Crippen LogP contribution in [0.25, 0.3) is 10.8 Å². The number of hydrogen-bond acceptors (Lipinski definition) is 3. The molecule has 3 rings (SSSR count). The SMILES string of the molecule is CS(=O)(=O)N(CCCC(=O)Nc1ccc2ccccc2c1)c1cccc(Cl)c1. The van der Waals surface area contributed by atoms with Crippen LogP contribution in [0.3, 0.4) is 0 Å². The number of halogens is 1. The minimum Gasteiger partial charge on any atom is -0.326 e. The van der Waals surface area contributed by atoms with Crippen LogP contribution in [0.1, 0.15) is 12.8 Å². The molecule has 0 unspecified atom stereocenters. The van der Waals surface area contributed by atoms with Crippen molar-refractivity contribution in [1.29, 1.82) is 0 Å². The first-order chi connectivity index (χ1) is 13.3. The minimum absolute atomic E-state index is 0.158. The number of fused-ring (bicyclic) bond motifs is 1. The molecule has 0 atom stereocenters. The second-order valence-electron chi connectivity index (χ2n) is 6.53. The molecule has 0 bridgehead atoms. The van der Waals surface area contributed by atoms with E-state index in [1.807, 2.05) is 42.5 Å². The van der Waals surface area contributed by atoms with E-state index in [1.54, 1.807) is 24.3 Å². The van der Waals surface area contributed by atoms with Gasteiger partial charge in [0.2, 0.25) is 15.9 Å². The zero-order valence-electron chi connectivity index (χ0n) is 15.4. The van der Waals surface area contributed by atoms with Crippen LogP contribution in [0.15, 0.2) is 66.7 Å². The summed E-state index contributed by atoms with van der Waals surface area (Å²) in [5.41, 5.74) is 1.21. The highest BCUT2D eigenvalue weighted by Crippen LogP contribution is 2.23. The Bertz CT molecular complexity index is 1100. The van der Waals surface area contributed by atoms with E-state index in [9.17, 15) is 13.2 Å². The van der Waals surface area contributed by atoms with Crippen LogP contribution in [0, 0.1) is 0 Å².